The second kappa shape index (κ2) is 9.50. The molecule has 192 valence electrons. The molecule has 5 rings (SSSR count). The molecule has 0 aliphatic rings. The first kappa shape index (κ1) is 24.2. The van der Waals surface area contributed by atoms with E-state index in [-0.39, 0.29) is 0 Å². The zero-order valence-electron chi connectivity index (χ0n) is 21.7. The van der Waals surface area contributed by atoms with Crippen molar-refractivity contribution >= 4 is 32.8 Å². The van der Waals surface area contributed by atoms with E-state index >= 15 is 0 Å². The summed E-state index contributed by atoms with van der Waals surface area (Å²) in [5, 5.41) is 3.10. The van der Waals surface area contributed by atoms with Gasteiger partial charge in [-0.05, 0) is 30.3 Å². The van der Waals surface area contributed by atoms with E-state index in [1.807, 2.05) is 30.3 Å². The number of hydrogen-bond acceptors (Lipinski definition) is 9. The molecule has 0 saturated carbocycles. The van der Waals surface area contributed by atoms with E-state index in [9.17, 15) is 0 Å². The smallest absolute Gasteiger partial charge is 0.228 e. The third-order valence-electron chi connectivity index (χ3n) is 6.38. The highest BCUT2D eigenvalue weighted by Crippen LogP contribution is 2.50. The van der Waals surface area contributed by atoms with Gasteiger partial charge in [0.2, 0.25) is 11.5 Å². The van der Waals surface area contributed by atoms with E-state index in [0.717, 1.165) is 27.1 Å². The number of ether oxygens (including phenoxy) is 7. The fourth-order valence-electron chi connectivity index (χ4n) is 4.69. The average molecular weight is 506 g/mol. The van der Waals surface area contributed by atoms with Crippen molar-refractivity contribution in [2.75, 3.05) is 49.8 Å². The SMILES string of the molecule is COc1ccc(-c2nc3oc4cc(OC)c(OC)cc4c3c3cc(OC)c(OC)c(OC)c23)cc1OC. The van der Waals surface area contributed by atoms with Crippen LogP contribution in [0.2, 0.25) is 0 Å². The van der Waals surface area contributed by atoms with Crippen molar-refractivity contribution in [2.24, 2.45) is 0 Å². The zero-order chi connectivity index (χ0) is 26.3. The fourth-order valence-corrected chi connectivity index (χ4v) is 4.69. The summed E-state index contributed by atoms with van der Waals surface area (Å²) in [4.78, 5) is 4.97. The van der Waals surface area contributed by atoms with Crippen LogP contribution in [-0.4, -0.2) is 54.8 Å². The Morgan fingerprint density at radius 1 is 0.541 bits per heavy atom. The topological polar surface area (TPSA) is 90.6 Å². The maximum absolute atomic E-state index is 6.25. The Labute approximate surface area is 213 Å². The first-order chi connectivity index (χ1) is 18.0. The number of fused-ring (bicyclic) bond motifs is 5. The third kappa shape index (κ3) is 3.66. The number of pyridine rings is 1. The van der Waals surface area contributed by atoms with Crippen LogP contribution in [-0.2, 0) is 0 Å². The molecule has 9 heteroatoms. The summed E-state index contributed by atoms with van der Waals surface area (Å²) < 4.78 is 45.6. The standard InChI is InChI=1S/C28H27NO8/c1-30-17-9-8-14(10-19(17)31-2)25-24-16(12-22(34-5)26(35-6)27(24)36-7)23-15-11-20(32-3)21(33-4)13-18(15)37-28(23)29-25/h8-13H,1-7H3. The van der Waals surface area contributed by atoms with Gasteiger partial charge in [0, 0.05) is 22.4 Å². The second-order valence-corrected chi connectivity index (χ2v) is 8.08. The largest absolute Gasteiger partial charge is 0.493 e. The van der Waals surface area contributed by atoms with E-state index in [1.165, 1.54) is 0 Å². The van der Waals surface area contributed by atoms with Crippen LogP contribution in [0, 0.1) is 0 Å². The molecule has 0 amide bonds. The van der Waals surface area contributed by atoms with Crippen molar-refractivity contribution in [2.45, 2.75) is 0 Å². The molecular formula is C28H27NO8. The molecule has 0 unspecified atom stereocenters. The van der Waals surface area contributed by atoms with E-state index in [1.54, 1.807) is 55.8 Å². The number of methoxy groups -OCH3 is 7. The van der Waals surface area contributed by atoms with Crippen molar-refractivity contribution < 1.29 is 37.6 Å². The Morgan fingerprint density at radius 2 is 1.14 bits per heavy atom. The van der Waals surface area contributed by atoms with Crippen molar-refractivity contribution in [3.8, 4) is 51.5 Å². The van der Waals surface area contributed by atoms with Gasteiger partial charge in [-0.1, -0.05) is 0 Å². The number of hydrogen-bond donors (Lipinski definition) is 0. The van der Waals surface area contributed by atoms with Crippen molar-refractivity contribution in [3.05, 3.63) is 36.4 Å². The highest BCUT2D eigenvalue weighted by molar-refractivity contribution is 6.22. The molecule has 0 N–H and O–H groups in total. The van der Waals surface area contributed by atoms with Gasteiger partial charge in [-0.25, -0.2) is 4.98 Å². The van der Waals surface area contributed by atoms with E-state index in [4.69, 9.17) is 42.6 Å². The minimum atomic E-state index is 0.428. The van der Waals surface area contributed by atoms with Crippen LogP contribution >= 0.6 is 0 Å². The Balaban J connectivity index is 2.00. The summed E-state index contributed by atoms with van der Waals surface area (Å²) in [6.45, 7) is 0. The van der Waals surface area contributed by atoms with Gasteiger partial charge in [0.25, 0.3) is 0 Å². The quantitative estimate of drug-likeness (QED) is 0.257. The molecule has 2 heterocycles. The Kier molecular flexibility index (Phi) is 6.20. The molecule has 0 fully saturated rings. The van der Waals surface area contributed by atoms with Gasteiger partial charge in [-0.3, -0.25) is 0 Å². The van der Waals surface area contributed by atoms with E-state index in [0.29, 0.717) is 57.2 Å². The lowest BCUT2D eigenvalue weighted by Gasteiger charge is -2.18. The van der Waals surface area contributed by atoms with Crippen LogP contribution in [0.15, 0.2) is 40.8 Å². The van der Waals surface area contributed by atoms with Crippen LogP contribution in [0.3, 0.4) is 0 Å². The maximum atomic E-state index is 6.25. The first-order valence-electron chi connectivity index (χ1n) is 11.4. The molecule has 3 aromatic carbocycles. The Bertz CT molecular complexity index is 1640. The summed E-state index contributed by atoms with van der Waals surface area (Å²) in [5.74, 6) is 3.72. The molecule has 0 spiro atoms. The highest BCUT2D eigenvalue weighted by Gasteiger charge is 2.26. The van der Waals surface area contributed by atoms with Gasteiger partial charge in [0.1, 0.15) is 5.58 Å². The first-order valence-corrected chi connectivity index (χ1v) is 11.4. The molecule has 0 aliphatic heterocycles. The molecule has 0 atom stereocenters. The van der Waals surface area contributed by atoms with Crippen molar-refractivity contribution in [1.82, 2.24) is 4.98 Å². The molecule has 5 aromatic rings. The minimum Gasteiger partial charge on any atom is -0.493 e. The zero-order valence-corrected chi connectivity index (χ0v) is 21.7. The average Bonchev–Trinajstić information content (AvgIpc) is 3.31. The third-order valence-corrected chi connectivity index (χ3v) is 6.38. The molecule has 2 aromatic heterocycles. The van der Waals surface area contributed by atoms with Gasteiger partial charge in [0.15, 0.2) is 34.5 Å². The van der Waals surface area contributed by atoms with Gasteiger partial charge in [-0.15, -0.1) is 0 Å². The number of rotatable bonds is 8. The normalized spacial score (nSPS) is 11.1. The predicted octanol–water partition coefficient (Wildman–Crippen LogP) is 5.86. The lowest BCUT2D eigenvalue weighted by atomic mass is 9.98. The number of aromatic nitrogens is 1. The van der Waals surface area contributed by atoms with Crippen molar-refractivity contribution in [3.63, 3.8) is 0 Å². The minimum absolute atomic E-state index is 0.428. The van der Waals surface area contributed by atoms with E-state index in [2.05, 4.69) is 0 Å². The van der Waals surface area contributed by atoms with E-state index < -0.39 is 0 Å². The Morgan fingerprint density at radius 3 is 1.76 bits per heavy atom. The molecule has 0 radical (unpaired) electrons. The summed E-state index contributed by atoms with van der Waals surface area (Å²) in [5.41, 5.74) is 2.40. The molecule has 0 aliphatic carbocycles. The summed E-state index contributed by atoms with van der Waals surface area (Å²) >= 11 is 0. The lowest BCUT2D eigenvalue weighted by molar-refractivity contribution is 0.327. The fraction of sp³-hybridized carbons (Fsp3) is 0.250. The Hall–Kier alpha value is -4.53. The molecule has 9 nitrogen and oxygen atoms in total. The predicted molar refractivity (Wildman–Crippen MR) is 140 cm³/mol. The summed E-state index contributed by atoms with van der Waals surface area (Å²) in [6, 6.07) is 11.2. The van der Waals surface area contributed by atoms with Crippen molar-refractivity contribution in [1.29, 1.82) is 0 Å². The maximum Gasteiger partial charge on any atom is 0.228 e. The second-order valence-electron chi connectivity index (χ2n) is 8.08. The highest BCUT2D eigenvalue weighted by atomic mass is 16.5. The van der Waals surface area contributed by atoms with Crippen LogP contribution in [0.5, 0.6) is 40.2 Å². The van der Waals surface area contributed by atoms with Gasteiger partial charge >= 0.3 is 0 Å². The van der Waals surface area contributed by atoms with Crippen LogP contribution in [0.25, 0.3) is 44.1 Å². The van der Waals surface area contributed by atoms with Crippen LogP contribution in [0.4, 0.5) is 0 Å². The monoisotopic (exact) mass is 505 g/mol. The molecule has 0 bridgehead atoms. The van der Waals surface area contributed by atoms with Gasteiger partial charge in [0.05, 0.1) is 66.2 Å². The lowest BCUT2D eigenvalue weighted by Crippen LogP contribution is -1.99. The van der Waals surface area contributed by atoms with Gasteiger partial charge in [-0.2, -0.15) is 0 Å². The number of furan rings is 1. The number of nitrogens with zero attached hydrogens (tertiary/aromatic N) is 1. The molecular weight excluding hydrogens is 478 g/mol. The molecule has 37 heavy (non-hydrogen) atoms. The summed E-state index contributed by atoms with van der Waals surface area (Å²) in [7, 11) is 11.1. The van der Waals surface area contributed by atoms with Crippen LogP contribution < -0.4 is 33.2 Å². The van der Waals surface area contributed by atoms with Crippen LogP contribution in [0.1, 0.15) is 0 Å². The number of benzene rings is 3. The van der Waals surface area contributed by atoms with Gasteiger partial charge < -0.3 is 37.6 Å². The summed E-state index contributed by atoms with van der Waals surface area (Å²) in [6.07, 6.45) is 0. The molecule has 0 saturated heterocycles.